The van der Waals surface area contributed by atoms with Gasteiger partial charge in [0.05, 0.1) is 7.11 Å². The van der Waals surface area contributed by atoms with Crippen molar-refractivity contribution in [3.05, 3.63) is 66.2 Å². The van der Waals surface area contributed by atoms with E-state index in [0.717, 1.165) is 46.3 Å². The zero-order valence-corrected chi connectivity index (χ0v) is 15.0. The van der Waals surface area contributed by atoms with Gasteiger partial charge in [0.15, 0.2) is 0 Å². The fraction of sp³-hybridized carbons (Fsp3) is 0.227. The highest BCUT2D eigenvalue weighted by atomic mass is 16.5. The lowest BCUT2D eigenvalue weighted by Crippen LogP contribution is -2.30. The molecular formula is C22H23NO2. The molecule has 0 heterocycles. The smallest absolute Gasteiger partial charge is 0.254 e. The van der Waals surface area contributed by atoms with E-state index in [-0.39, 0.29) is 5.91 Å². The van der Waals surface area contributed by atoms with Crippen molar-refractivity contribution < 1.29 is 9.53 Å². The monoisotopic (exact) mass is 333 g/mol. The Bertz CT molecular complexity index is 880. The topological polar surface area (TPSA) is 29.5 Å². The molecule has 0 aliphatic heterocycles. The highest BCUT2D eigenvalue weighted by Crippen LogP contribution is 2.28. The van der Waals surface area contributed by atoms with Gasteiger partial charge in [-0.05, 0) is 60.0 Å². The molecule has 3 aromatic carbocycles. The summed E-state index contributed by atoms with van der Waals surface area (Å²) in [5.74, 6) is 0.935. The lowest BCUT2D eigenvalue weighted by molar-refractivity contribution is 0.0775. The molecule has 3 rings (SSSR count). The molecule has 0 aliphatic carbocycles. The molecule has 25 heavy (non-hydrogen) atoms. The van der Waals surface area contributed by atoms with Gasteiger partial charge in [0.2, 0.25) is 0 Å². The first-order chi connectivity index (χ1) is 12.2. The lowest BCUT2D eigenvalue weighted by Gasteiger charge is -2.19. The van der Waals surface area contributed by atoms with Gasteiger partial charge in [-0.2, -0.15) is 0 Å². The molecule has 0 unspecified atom stereocenters. The fourth-order valence-electron chi connectivity index (χ4n) is 3.11. The Morgan fingerprint density at radius 2 is 1.60 bits per heavy atom. The molecule has 0 spiro atoms. The highest BCUT2D eigenvalue weighted by molar-refractivity contribution is 6.07. The number of carbonyl (C=O) groups is 1. The lowest BCUT2D eigenvalue weighted by atomic mass is 9.98. The van der Waals surface area contributed by atoms with Crippen LogP contribution < -0.4 is 4.74 Å². The Kier molecular flexibility index (Phi) is 5.03. The molecule has 0 aliphatic rings. The first-order valence-corrected chi connectivity index (χ1v) is 8.64. The first kappa shape index (κ1) is 17.0. The summed E-state index contributed by atoms with van der Waals surface area (Å²) in [6.07, 6.45) is 0. The number of benzene rings is 3. The van der Waals surface area contributed by atoms with Gasteiger partial charge >= 0.3 is 0 Å². The highest BCUT2D eigenvalue weighted by Gasteiger charge is 2.15. The van der Waals surface area contributed by atoms with Gasteiger partial charge in [-0.25, -0.2) is 0 Å². The Labute approximate surface area is 148 Å². The zero-order valence-electron chi connectivity index (χ0n) is 15.0. The second-order valence-electron chi connectivity index (χ2n) is 5.95. The predicted octanol–water partition coefficient (Wildman–Crippen LogP) is 5.00. The normalized spacial score (nSPS) is 10.7. The van der Waals surface area contributed by atoms with E-state index in [2.05, 4.69) is 18.2 Å². The van der Waals surface area contributed by atoms with Crippen molar-refractivity contribution in [1.82, 2.24) is 4.90 Å². The number of fused-ring (bicyclic) bond motifs is 1. The van der Waals surface area contributed by atoms with Crippen molar-refractivity contribution in [1.29, 1.82) is 0 Å². The molecular weight excluding hydrogens is 310 g/mol. The largest absolute Gasteiger partial charge is 0.497 e. The maximum absolute atomic E-state index is 12.8. The van der Waals surface area contributed by atoms with E-state index in [4.69, 9.17) is 4.74 Å². The van der Waals surface area contributed by atoms with Crippen molar-refractivity contribution in [3.8, 4) is 16.9 Å². The summed E-state index contributed by atoms with van der Waals surface area (Å²) in [6, 6.07) is 20.2. The van der Waals surface area contributed by atoms with Crippen molar-refractivity contribution in [3.63, 3.8) is 0 Å². The molecule has 0 saturated heterocycles. The number of rotatable bonds is 5. The summed E-state index contributed by atoms with van der Waals surface area (Å²) in [6.45, 7) is 5.45. The minimum Gasteiger partial charge on any atom is -0.497 e. The van der Waals surface area contributed by atoms with Gasteiger partial charge in [-0.3, -0.25) is 4.79 Å². The van der Waals surface area contributed by atoms with Crippen LogP contribution in [0.3, 0.4) is 0 Å². The molecule has 0 atom stereocenters. The molecule has 0 aromatic heterocycles. The molecule has 3 aromatic rings. The summed E-state index contributed by atoms with van der Waals surface area (Å²) in [7, 11) is 1.67. The summed E-state index contributed by atoms with van der Waals surface area (Å²) < 4.78 is 5.22. The maximum Gasteiger partial charge on any atom is 0.254 e. The minimum atomic E-state index is 0.0906. The number of hydrogen-bond donors (Lipinski definition) is 0. The van der Waals surface area contributed by atoms with Crippen molar-refractivity contribution in [2.45, 2.75) is 13.8 Å². The van der Waals surface area contributed by atoms with Crippen LogP contribution in [0.15, 0.2) is 60.7 Å². The third kappa shape index (κ3) is 3.36. The van der Waals surface area contributed by atoms with E-state index in [1.54, 1.807) is 7.11 Å². The van der Waals surface area contributed by atoms with Crippen molar-refractivity contribution >= 4 is 16.7 Å². The van der Waals surface area contributed by atoms with Gasteiger partial charge in [0.25, 0.3) is 5.91 Å². The summed E-state index contributed by atoms with van der Waals surface area (Å²) >= 11 is 0. The standard InChI is InChI=1S/C22H23NO2/c1-4-23(5-2)22(24)21-8-6-7-18-15-17(11-14-20(18)21)16-9-12-19(25-3)13-10-16/h6-15H,4-5H2,1-3H3. The second-order valence-corrected chi connectivity index (χ2v) is 5.95. The molecule has 0 radical (unpaired) electrons. The third-order valence-electron chi connectivity index (χ3n) is 4.58. The Morgan fingerprint density at radius 1 is 0.920 bits per heavy atom. The van der Waals surface area contributed by atoms with E-state index in [9.17, 15) is 4.79 Å². The van der Waals surface area contributed by atoms with E-state index in [1.807, 2.05) is 61.2 Å². The van der Waals surface area contributed by atoms with Crippen LogP contribution in [0.25, 0.3) is 21.9 Å². The molecule has 0 N–H and O–H groups in total. The van der Waals surface area contributed by atoms with Gasteiger partial charge in [-0.1, -0.05) is 36.4 Å². The molecule has 0 saturated carbocycles. The van der Waals surface area contributed by atoms with Crippen molar-refractivity contribution in [2.24, 2.45) is 0 Å². The molecule has 0 fully saturated rings. The Hall–Kier alpha value is -2.81. The molecule has 3 heteroatoms. The quantitative estimate of drug-likeness (QED) is 0.658. The predicted molar refractivity (Wildman–Crippen MR) is 103 cm³/mol. The fourth-order valence-corrected chi connectivity index (χ4v) is 3.11. The van der Waals surface area contributed by atoms with Crippen LogP contribution >= 0.6 is 0 Å². The number of ether oxygens (including phenoxy) is 1. The Morgan fingerprint density at radius 3 is 2.24 bits per heavy atom. The van der Waals surface area contributed by atoms with Gasteiger partial charge in [0.1, 0.15) is 5.75 Å². The number of hydrogen-bond acceptors (Lipinski definition) is 2. The van der Waals surface area contributed by atoms with Gasteiger partial charge in [-0.15, -0.1) is 0 Å². The van der Waals surface area contributed by atoms with Crippen molar-refractivity contribution in [2.75, 3.05) is 20.2 Å². The van der Waals surface area contributed by atoms with E-state index >= 15 is 0 Å². The van der Waals surface area contributed by atoms with Gasteiger partial charge in [0, 0.05) is 18.7 Å². The van der Waals surface area contributed by atoms with Crippen LogP contribution in [0.1, 0.15) is 24.2 Å². The first-order valence-electron chi connectivity index (χ1n) is 8.64. The number of carbonyl (C=O) groups excluding carboxylic acids is 1. The molecule has 0 bridgehead atoms. The summed E-state index contributed by atoms with van der Waals surface area (Å²) in [5, 5.41) is 2.07. The van der Waals surface area contributed by atoms with Gasteiger partial charge < -0.3 is 9.64 Å². The van der Waals surface area contributed by atoms with E-state index in [1.165, 1.54) is 0 Å². The summed E-state index contributed by atoms with van der Waals surface area (Å²) in [4.78, 5) is 14.6. The van der Waals surface area contributed by atoms with Crippen LogP contribution in [0.5, 0.6) is 5.75 Å². The van der Waals surface area contributed by atoms with Crippen LogP contribution in [-0.2, 0) is 0 Å². The number of methoxy groups -OCH3 is 1. The zero-order chi connectivity index (χ0) is 17.8. The van der Waals surface area contributed by atoms with Crippen LogP contribution in [-0.4, -0.2) is 31.0 Å². The van der Waals surface area contributed by atoms with Crippen LogP contribution in [0.2, 0.25) is 0 Å². The average Bonchev–Trinajstić information content (AvgIpc) is 2.68. The molecule has 3 nitrogen and oxygen atoms in total. The minimum absolute atomic E-state index is 0.0906. The number of amides is 1. The summed E-state index contributed by atoms with van der Waals surface area (Å²) in [5.41, 5.74) is 3.02. The third-order valence-corrected chi connectivity index (χ3v) is 4.58. The SMILES string of the molecule is CCN(CC)C(=O)c1cccc2cc(-c3ccc(OC)cc3)ccc12. The van der Waals surface area contributed by atoms with E-state index < -0.39 is 0 Å². The van der Waals surface area contributed by atoms with Crippen LogP contribution in [0.4, 0.5) is 0 Å². The van der Waals surface area contributed by atoms with E-state index in [0.29, 0.717) is 0 Å². The molecule has 1 amide bonds. The maximum atomic E-state index is 12.8. The van der Waals surface area contributed by atoms with Crippen LogP contribution in [0, 0.1) is 0 Å². The second kappa shape index (κ2) is 7.39. The number of nitrogens with zero attached hydrogens (tertiary/aromatic N) is 1. The average molecular weight is 333 g/mol. The Balaban J connectivity index is 2.03. The molecule has 128 valence electrons.